The molecule has 0 spiro atoms. The monoisotopic (exact) mass is 260 g/mol. The molecule has 0 aliphatic carbocycles. The number of hydrogen-bond acceptors (Lipinski definition) is 2. The van der Waals surface area contributed by atoms with E-state index in [9.17, 15) is 0 Å². The third-order valence-corrected chi connectivity index (χ3v) is 3.13. The number of halogens is 1. The van der Waals surface area contributed by atoms with Gasteiger partial charge in [-0.2, -0.15) is 0 Å². The summed E-state index contributed by atoms with van der Waals surface area (Å²) < 4.78 is 0. The molecule has 2 aromatic rings. The van der Waals surface area contributed by atoms with Gasteiger partial charge < -0.3 is 0 Å². The predicted molar refractivity (Wildman–Crippen MR) is 75.5 cm³/mol. The van der Waals surface area contributed by atoms with Crippen LogP contribution in [0.5, 0.6) is 0 Å². The lowest BCUT2D eigenvalue weighted by atomic mass is 10.2. The van der Waals surface area contributed by atoms with Crippen LogP contribution >= 0.6 is 11.6 Å². The summed E-state index contributed by atoms with van der Waals surface area (Å²) in [7, 11) is 0. The zero-order valence-electron chi connectivity index (χ0n) is 10.5. The first-order valence-corrected chi connectivity index (χ1v) is 6.51. The average molecular weight is 261 g/mol. The van der Waals surface area contributed by atoms with Gasteiger partial charge in [-0.1, -0.05) is 30.7 Å². The number of benzene rings is 1. The van der Waals surface area contributed by atoms with Crippen LogP contribution in [0.15, 0.2) is 48.8 Å². The van der Waals surface area contributed by atoms with E-state index in [1.54, 1.807) is 0 Å². The Kier molecular flexibility index (Phi) is 4.73. The van der Waals surface area contributed by atoms with Crippen molar-refractivity contribution in [2.45, 2.75) is 20.0 Å². The van der Waals surface area contributed by atoms with Gasteiger partial charge in [0.15, 0.2) is 0 Å². The van der Waals surface area contributed by atoms with Gasteiger partial charge in [0.05, 0.1) is 0 Å². The minimum Gasteiger partial charge on any atom is -0.295 e. The molecule has 0 atom stereocenters. The lowest BCUT2D eigenvalue weighted by molar-refractivity contribution is 0.271. The first-order valence-electron chi connectivity index (χ1n) is 6.13. The predicted octanol–water partition coefficient (Wildman–Crippen LogP) is 3.76. The van der Waals surface area contributed by atoms with Gasteiger partial charge in [0, 0.05) is 30.5 Å². The highest BCUT2D eigenvalue weighted by Crippen LogP contribution is 2.14. The summed E-state index contributed by atoms with van der Waals surface area (Å²) in [6, 6.07) is 12.2. The molecule has 0 N–H and O–H groups in total. The summed E-state index contributed by atoms with van der Waals surface area (Å²) in [5.74, 6) is 0. The molecule has 0 bridgehead atoms. The molecular formula is C15H17ClN2. The van der Waals surface area contributed by atoms with Crippen LogP contribution < -0.4 is 0 Å². The van der Waals surface area contributed by atoms with Crippen molar-refractivity contribution in [1.82, 2.24) is 9.88 Å². The zero-order chi connectivity index (χ0) is 12.8. The van der Waals surface area contributed by atoms with Crippen molar-refractivity contribution in [2.24, 2.45) is 0 Å². The smallest absolute Gasteiger partial charge is 0.0409 e. The molecule has 1 aromatic carbocycles. The standard InChI is InChI=1S/C15H17ClN2/c1-2-18(11-13-6-8-17-9-7-13)12-14-4-3-5-15(16)10-14/h3-10H,2,11-12H2,1H3. The van der Waals surface area contributed by atoms with E-state index in [4.69, 9.17) is 11.6 Å². The van der Waals surface area contributed by atoms with Gasteiger partial charge >= 0.3 is 0 Å². The summed E-state index contributed by atoms with van der Waals surface area (Å²) in [6.07, 6.45) is 3.67. The van der Waals surface area contributed by atoms with Crippen LogP contribution in [0.2, 0.25) is 5.02 Å². The Morgan fingerprint density at radius 1 is 1.06 bits per heavy atom. The summed E-state index contributed by atoms with van der Waals surface area (Å²) in [6.45, 7) is 5.03. The minimum atomic E-state index is 0.799. The van der Waals surface area contributed by atoms with E-state index in [1.165, 1.54) is 11.1 Å². The Balaban J connectivity index is 2.01. The number of pyridine rings is 1. The molecule has 0 saturated heterocycles. The summed E-state index contributed by atoms with van der Waals surface area (Å²) in [5, 5.41) is 0.799. The highest BCUT2D eigenvalue weighted by Gasteiger charge is 2.05. The van der Waals surface area contributed by atoms with Crippen molar-refractivity contribution in [3.63, 3.8) is 0 Å². The topological polar surface area (TPSA) is 16.1 Å². The van der Waals surface area contributed by atoms with E-state index in [2.05, 4.69) is 35.0 Å². The number of rotatable bonds is 5. The average Bonchev–Trinajstić information content (AvgIpc) is 2.39. The SMILES string of the molecule is CCN(Cc1ccncc1)Cc1cccc(Cl)c1. The van der Waals surface area contributed by atoms with Crippen LogP contribution in [-0.4, -0.2) is 16.4 Å². The molecule has 0 radical (unpaired) electrons. The molecule has 3 heteroatoms. The summed E-state index contributed by atoms with van der Waals surface area (Å²) >= 11 is 6.00. The molecule has 1 aromatic heterocycles. The second-order valence-electron chi connectivity index (χ2n) is 4.29. The van der Waals surface area contributed by atoms with E-state index in [1.807, 2.05) is 30.6 Å². The first kappa shape index (κ1) is 13.1. The molecule has 0 fully saturated rings. The molecule has 0 amide bonds. The van der Waals surface area contributed by atoms with E-state index in [-0.39, 0.29) is 0 Å². The lowest BCUT2D eigenvalue weighted by Gasteiger charge is -2.20. The lowest BCUT2D eigenvalue weighted by Crippen LogP contribution is -2.22. The van der Waals surface area contributed by atoms with Gasteiger partial charge in [-0.3, -0.25) is 9.88 Å². The maximum Gasteiger partial charge on any atom is 0.0409 e. The molecular weight excluding hydrogens is 244 g/mol. The van der Waals surface area contributed by atoms with Gasteiger partial charge in [0.25, 0.3) is 0 Å². The fourth-order valence-electron chi connectivity index (χ4n) is 1.92. The molecule has 2 rings (SSSR count). The normalized spacial score (nSPS) is 10.8. The molecule has 2 nitrogen and oxygen atoms in total. The van der Waals surface area contributed by atoms with Crippen molar-refractivity contribution >= 4 is 11.6 Å². The van der Waals surface area contributed by atoms with Crippen LogP contribution in [0.4, 0.5) is 0 Å². The number of hydrogen-bond donors (Lipinski definition) is 0. The largest absolute Gasteiger partial charge is 0.295 e. The van der Waals surface area contributed by atoms with Crippen molar-refractivity contribution < 1.29 is 0 Å². The molecule has 94 valence electrons. The highest BCUT2D eigenvalue weighted by atomic mass is 35.5. The van der Waals surface area contributed by atoms with Crippen LogP contribution in [0.25, 0.3) is 0 Å². The zero-order valence-corrected chi connectivity index (χ0v) is 11.3. The van der Waals surface area contributed by atoms with E-state index < -0.39 is 0 Å². The third kappa shape index (κ3) is 3.83. The van der Waals surface area contributed by atoms with Gasteiger partial charge in [-0.25, -0.2) is 0 Å². The quantitative estimate of drug-likeness (QED) is 0.814. The van der Waals surface area contributed by atoms with Crippen molar-refractivity contribution in [2.75, 3.05) is 6.54 Å². The van der Waals surface area contributed by atoms with Gasteiger partial charge in [0.1, 0.15) is 0 Å². The fourth-order valence-corrected chi connectivity index (χ4v) is 2.13. The van der Waals surface area contributed by atoms with Crippen LogP contribution in [0.1, 0.15) is 18.1 Å². The van der Waals surface area contributed by atoms with Gasteiger partial charge in [0.2, 0.25) is 0 Å². The van der Waals surface area contributed by atoms with Gasteiger partial charge in [-0.15, -0.1) is 0 Å². The Hall–Kier alpha value is -1.38. The van der Waals surface area contributed by atoms with Crippen LogP contribution in [0, 0.1) is 0 Å². The Labute approximate surface area is 113 Å². The van der Waals surface area contributed by atoms with Crippen molar-refractivity contribution in [3.8, 4) is 0 Å². The Morgan fingerprint density at radius 2 is 1.78 bits per heavy atom. The van der Waals surface area contributed by atoms with E-state index in [0.29, 0.717) is 0 Å². The Bertz CT molecular complexity index is 485. The second kappa shape index (κ2) is 6.53. The maximum absolute atomic E-state index is 6.00. The molecule has 0 unspecified atom stereocenters. The first-order chi connectivity index (χ1) is 8.78. The molecule has 18 heavy (non-hydrogen) atoms. The molecule has 0 saturated carbocycles. The number of nitrogens with zero attached hydrogens (tertiary/aromatic N) is 2. The summed E-state index contributed by atoms with van der Waals surface area (Å²) in [4.78, 5) is 6.41. The maximum atomic E-state index is 6.00. The molecule has 1 heterocycles. The second-order valence-corrected chi connectivity index (χ2v) is 4.73. The van der Waals surface area contributed by atoms with Crippen LogP contribution in [-0.2, 0) is 13.1 Å². The van der Waals surface area contributed by atoms with E-state index in [0.717, 1.165) is 24.7 Å². The molecule has 0 aliphatic rings. The van der Waals surface area contributed by atoms with Gasteiger partial charge in [-0.05, 0) is 41.9 Å². The fraction of sp³-hybridized carbons (Fsp3) is 0.267. The van der Waals surface area contributed by atoms with Crippen LogP contribution in [0.3, 0.4) is 0 Å². The highest BCUT2D eigenvalue weighted by molar-refractivity contribution is 6.30. The van der Waals surface area contributed by atoms with Crippen molar-refractivity contribution in [3.05, 3.63) is 64.9 Å². The molecule has 0 aliphatic heterocycles. The summed E-state index contributed by atoms with van der Waals surface area (Å²) in [5.41, 5.74) is 2.53. The van der Waals surface area contributed by atoms with Crippen molar-refractivity contribution in [1.29, 1.82) is 0 Å². The Morgan fingerprint density at radius 3 is 2.44 bits per heavy atom. The minimum absolute atomic E-state index is 0.799. The van der Waals surface area contributed by atoms with E-state index >= 15 is 0 Å². The number of aromatic nitrogens is 1. The third-order valence-electron chi connectivity index (χ3n) is 2.90.